The third-order valence-corrected chi connectivity index (χ3v) is 10.5. The van der Waals surface area contributed by atoms with Crippen LogP contribution in [-0.2, 0) is 39.8 Å². The van der Waals surface area contributed by atoms with Crippen LogP contribution in [0, 0.1) is 5.92 Å². The number of amides is 3. The van der Waals surface area contributed by atoms with E-state index in [4.69, 9.17) is 35.3 Å². The summed E-state index contributed by atoms with van der Waals surface area (Å²) in [5.74, 6) is -1.30. The molecular weight excluding hydrogens is 690 g/mol. The summed E-state index contributed by atoms with van der Waals surface area (Å²) in [6, 6.07) is 2.60. The molecule has 4 rings (SSSR count). The number of benzene rings is 1. The molecule has 3 amide bonds. The molecule has 2 fully saturated rings. The van der Waals surface area contributed by atoms with E-state index in [-0.39, 0.29) is 30.2 Å². The number of likely N-dealkylation sites (N-methyl/N-ethyl adjacent to an activating group) is 1. The molecule has 50 heavy (non-hydrogen) atoms. The Bertz CT molecular complexity index is 1540. The summed E-state index contributed by atoms with van der Waals surface area (Å²) >= 11 is 10.8. The number of epoxide rings is 1. The third-order valence-electron chi connectivity index (χ3n) is 9.85. The van der Waals surface area contributed by atoms with Gasteiger partial charge in [0, 0.05) is 40.0 Å². The molecule has 3 heterocycles. The first-order valence-electron chi connectivity index (χ1n) is 16.4. The van der Waals surface area contributed by atoms with E-state index in [1.165, 1.54) is 38.0 Å². The van der Waals surface area contributed by atoms with Gasteiger partial charge in [0.1, 0.15) is 40.7 Å². The Morgan fingerprint density at radius 2 is 1.98 bits per heavy atom. The molecule has 0 aliphatic carbocycles. The van der Waals surface area contributed by atoms with Crippen LogP contribution in [0.1, 0.15) is 52.5 Å². The minimum Gasteiger partial charge on any atom is -0.495 e. The minimum atomic E-state index is -1.82. The number of hydrogen-bond donors (Lipinski definition) is 3. The van der Waals surface area contributed by atoms with Gasteiger partial charge in [0.15, 0.2) is 5.72 Å². The van der Waals surface area contributed by atoms with Gasteiger partial charge in [0.2, 0.25) is 11.8 Å². The number of hydrogen-bond acceptors (Lipinski definition) is 11. The van der Waals surface area contributed by atoms with Crippen LogP contribution >= 0.6 is 24.2 Å². The first-order valence-corrected chi connectivity index (χ1v) is 17.5. The molecule has 15 heteroatoms. The van der Waals surface area contributed by atoms with E-state index in [2.05, 4.69) is 17.9 Å². The number of thiol groups is 1. The van der Waals surface area contributed by atoms with E-state index in [0.29, 0.717) is 23.6 Å². The predicted octanol–water partition coefficient (Wildman–Crippen LogP) is 3.83. The highest BCUT2D eigenvalue weighted by atomic mass is 35.5. The molecule has 0 spiro atoms. The number of nitrogens with zero attached hydrogens (tertiary/aromatic N) is 2. The second-order valence-electron chi connectivity index (χ2n) is 13.4. The fraction of sp³-hybridized carbons (Fsp3) is 0.600. The zero-order valence-electron chi connectivity index (χ0n) is 29.7. The maximum Gasteiger partial charge on any atom is 0.409 e. The van der Waals surface area contributed by atoms with Crippen molar-refractivity contribution in [2.75, 3.05) is 39.0 Å². The van der Waals surface area contributed by atoms with Gasteiger partial charge in [-0.1, -0.05) is 42.3 Å². The van der Waals surface area contributed by atoms with Crippen molar-refractivity contribution < 1.29 is 48.0 Å². The van der Waals surface area contributed by atoms with Crippen LogP contribution in [0.2, 0.25) is 5.02 Å². The van der Waals surface area contributed by atoms with Crippen LogP contribution in [0.5, 0.6) is 5.75 Å². The molecule has 3 aliphatic heterocycles. The molecule has 0 saturated carbocycles. The highest BCUT2D eigenvalue weighted by Crippen LogP contribution is 2.49. The molecule has 8 atom stereocenters. The van der Waals surface area contributed by atoms with Gasteiger partial charge in [-0.05, 0) is 50.6 Å². The zero-order valence-corrected chi connectivity index (χ0v) is 31.4. The second-order valence-corrected chi connectivity index (χ2v) is 14.2. The van der Waals surface area contributed by atoms with Crippen molar-refractivity contribution in [3.63, 3.8) is 0 Å². The topological polar surface area (TPSA) is 156 Å². The van der Waals surface area contributed by atoms with Gasteiger partial charge in [-0.2, -0.15) is 12.6 Å². The van der Waals surface area contributed by atoms with Crippen molar-refractivity contribution in [3.8, 4) is 5.75 Å². The summed E-state index contributed by atoms with van der Waals surface area (Å²) in [6.45, 7) is 6.96. The summed E-state index contributed by atoms with van der Waals surface area (Å²) in [6.07, 6.45) is 1.08. The number of rotatable bonds is 7. The van der Waals surface area contributed by atoms with Gasteiger partial charge in [0.25, 0.3) is 0 Å². The Labute approximate surface area is 303 Å². The highest BCUT2D eigenvalue weighted by Gasteiger charge is 2.64. The molecule has 2 saturated heterocycles. The monoisotopic (exact) mass is 737 g/mol. The van der Waals surface area contributed by atoms with E-state index < -0.39 is 65.7 Å². The van der Waals surface area contributed by atoms with Gasteiger partial charge in [-0.3, -0.25) is 14.9 Å². The summed E-state index contributed by atoms with van der Waals surface area (Å²) in [5.41, 5.74) is -0.903. The van der Waals surface area contributed by atoms with Crippen molar-refractivity contribution in [1.82, 2.24) is 10.2 Å². The molecule has 13 nitrogen and oxygen atoms in total. The van der Waals surface area contributed by atoms with E-state index in [9.17, 15) is 24.3 Å². The largest absolute Gasteiger partial charge is 0.495 e. The third kappa shape index (κ3) is 8.42. The number of fused-ring (bicyclic) bond motifs is 5. The average Bonchev–Trinajstić information content (AvgIpc) is 3.76. The van der Waals surface area contributed by atoms with E-state index in [1.54, 1.807) is 45.2 Å². The van der Waals surface area contributed by atoms with E-state index in [0.717, 1.165) is 11.1 Å². The van der Waals surface area contributed by atoms with Gasteiger partial charge in [-0.25, -0.2) is 9.59 Å². The lowest BCUT2D eigenvalue weighted by molar-refractivity contribution is -0.161. The number of anilines is 1. The quantitative estimate of drug-likeness (QED) is 0.214. The van der Waals surface area contributed by atoms with Crippen molar-refractivity contribution in [2.45, 2.75) is 95.2 Å². The molecule has 276 valence electrons. The molecule has 3 aliphatic rings. The number of allylic oxidation sites excluding steroid dienone is 3. The molecule has 4 bridgehead atoms. The van der Waals surface area contributed by atoms with Crippen molar-refractivity contribution >= 4 is 53.8 Å². The molecular formula is C35H48ClN3O10S. The van der Waals surface area contributed by atoms with Gasteiger partial charge in [-0.15, -0.1) is 0 Å². The summed E-state index contributed by atoms with van der Waals surface area (Å²) < 4.78 is 29.0. The lowest BCUT2D eigenvalue weighted by Crippen LogP contribution is -2.63. The number of aliphatic hydroxyl groups is 1. The Morgan fingerprint density at radius 3 is 2.62 bits per heavy atom. The Morgan fingerprint density at radius 1 is 1.28 bits per heavy atom. The van der Waals surface area contributed by atoms with E-state index >= 15 is 0 Å². The Balaban J connectivity index is 1.78. The van der Waals surface area contributed by atoms with Crippen molar-refractivity contribution in [3.05, 3.63) is 46.5 Å². The van der Waals surface area contributed by atoms with Crippen molar-refractivity contribution in [2.24, 2.45) is 5.92 Å². The number of nitrogens with one attached hydrogen (secondary N) is 1. The average molecular weight is 738 g/mol. The Hall–Kier alpha value is -3.30. The zero-order chi connectivity index (χ0) is 37.1. The smallest absolute Gasteiger partial charge is 0.409 e. The lowest BCUT2D eigenvalue weighted by Gasteiger charge is -2.42. The maximum absolute atomic E-state index is 14.0. The van der Waals surface area contributed by atoms with Crippen LogP contribution in [0.4, 0.5) is 10.5 Å². The molecule has 2 unspecified atom stereocenters. The number of halogens is 1. The summed E-state index contributed by atoms with van der Waals surface area (Å²) in [5, 5.41) is 14.4. The van der Waals surface area contributed by atoms with Crippen LogP contribution in [0.25, 0.3) is 0 Å². The molecule has 0 aromatic heterocycles. The van der Waals surface area contributed by atoms with E-state index in [1.807, 2.05) is 13.0 Å². The standard InChI is InChI=1S/C35H48ClN3O10S/c1-19-10-9-11-26(46-8)35(44)18-25(47-33(43)37-35)20(2)31-34(4,49-31)27(48-32(42)21(3)38(5)28(40)12-13-50)17-29(41)39(6)23-15-22(14-19)16-24(45-7)30(23)36/h9-11,15-16,20-21,25-27,31,44,50H,12-14,17-18H2,1-8H3,(H,37,43)/b11-9+,19-10+/t20-,21?,25+,26-,27+,31?,34+,35+/m1/s1. The lowest BCUT2D eigenvalue weighted by atomic mass is 9.83. The molecule has 1 aromatic rings. The summed E-state index contributed by atoms with van der Waals surface area (Å²) in [7, 11) is 5.98. The fourth-order valence-corrected chi connectivity index (χ4v) is 6.99. The number of alkyl carbamates (subject to hydrolysis) is 1. The number of ether oxygens (including phenoxy) is 5. The van der Waals surface area contributed by atoms with Crippen molar-refractivity contribution in [1.29, 1.82) is 0 Å². The predicted molar refractivity (Wildman–Crippen MR) is 189 cm³/mol. The van der Waals surface area contributed by atoms with Gasteiger partial charge < -0.3 is 38.6 Å². The van der Waals surface area contributed by atoms with Crippen LogP contribution in [0.15, 0.2) is 35.9 Å². The number of methoxy groups -OCH3 is 2. The molecule has 0 radical (unpaired) electrons. The fourth-order valence-electron chi connectivity index (χ4n) is 6.49. The SMILES string of the molecule is COc1cc2cc(c1Cl)N(C)C(=O)C[C@H](OC(=O)C(C)N(C)C(=O)CCS)[C@]1(C)OC1[C@H](C)[C@@H]1C[C@@](O)(NC(=O)O1)[C@H](OC)/C=C/C=C(\C)C2. The number of carbonyl (C=O) groups excluding carboxylic acids is 4. The van der Waals surface area contributed by atoms with Crippen LogP contribution in [0.3, 0.4) is 0 Å². The first-order chi connectivity index (χ1) is 23.5. The first kappa shape index (κ1) is 39.5. The van der Waals surface area contributed by atoms with Crippen LogP contribution < -0.4 is 15.0 Å². The van der Waals surface area contributed by atoms with Gasteiger partial charge >= 0.3 is 12.1 Å². The molecule has 1 aromatic carbocycles. The van der Waals surface area contributed by atoms with Gasteiger partial charge in [0.05, 0.1) is 25.3 Å². The Kier molecular flexibility index (Phi) is 12.6. The number of esters is 1. The highest BCUT2D eigenvalue weighted by molar-refractivity contribution is 7.80. The maximum atomic E-state index is 14.0. The number of carbonyl (C=O) groups is 4. The molecule has 2 N–H and O–H groups in total. The summed E-state index contributed by atoms with van der Waals surface area (Å²) in [4.78, 5) is 55.6. The van der Waals surface area contributed by atoms with Crippen LogP contribution in [-0.4, -0.2) is 110 Å². The minimum absolute atomic E-state index is 0.0489. The second kappa shape index (κ2) is 15.9. The normalized spacial score (nSPS) is 32.3.